The molecular formula is C20H21N3O. The number of carbonyl (C=O) groups is 1. The Kier molecular flexibility index (Phi) is 5.75. The molecule has 0 fully saturated rings. The first kappa shape index (κ1) is 17.3. The van der Waals surface area contributed by atoms with Gasteiger partial charge in [-0.3, -0.25) is 4.79 Å². The van der Waals surface area contributed by atoms with Gasteiger partial charge in [0.05, 0.1) is 0 Å². The second-order valence-electron chi connectivity index (χ2n) is 5.82. The van der Waals surface area contributed by atoms with E-state index >= 15 is 0 Å². The second kappa shape index (κ2) is 7.98. The molecule has 4 nitrogen and oxygen atoms in total. The highest BCUT2D eigenvalue weighted by Crippen LogP contribution is 2.14. The number of aryl methyl sites for hydroxylation is 1. The minimum Gasteiger partial charge on any atom is -0.378 e. The van der Waals surface area contributed by atoms with Crippen molar-refractivity contribution >= 4 is 17.7 Å². The van der Waals surface area contributed by atoms with E-state index in [4.69, 9.17) is 0 Å². The molecule has 0 atom stereocenters. The largest absolute Gasteiger partial charge is 0.378 e. The molecule has 2 aromatic rings. The molecule has 1 N–H and O–H groups in total. The first-order valence-electron chi connectivity index (χ1n) is 7.72. The van der Waals surface area contributed by atoms with Crippen LogP contribution in [0.15, 0.2) is 54.1 Å². The molecule has 4 heteroatoms. The van der Waals surface area contributed by atoms with Crippen LogP contribution in [-0.2, 0) is 11.3 Å². The van der Waals surface area contributed by atoms with Gasteiger partial charge in [-0.2, -0.15) is 5.26 Å². The Morgan fingerprint density at radius 2 is 1.75 bits per heavy atom. The van der Waals surface area contributed by atoms with E-state index in [1.54, 1.807) is 6.08 Å². The Bertz CT molecular complexity index is 766. The molecule has 2 rings (SSSR count). The van der Waals surface area contributed by atoms with E-state index in [1.807, 2.05) is 80.5 Å². The summed E-state index contributed by atoms with van der Waals surface area (Å²) in [7, 11) is 3.92. The van der Waals surface area contributed by atoms with Crippen molar-refractivity contribution in [1.29, 1.82) is 5.26 Å². The van der Waals surface area contributed by atoms with Crippen LogP contribution in [0.5, 0.6) is 0 Å². The molecule has 0 radical (unpaired) electrons. The molecule has 0 heterocycles. The topological polar surface area (TPSA) is 56.1 Å². The van der Waals surface area contributed by atoms with E-state index in [9.17, 15) is 10.1 Å². The Balaban J connectivity index is 2.05. The lowest BCUT2D eigenvalue weighted by molar-refractivity contribution is -0.117. The molecule has 0 aliphatic rings. The molecule has 0 unspecified atom stereocenters. The summed E-state index contributed by atoms with van der Waals surface area (Å²) in [5.74, 6) is -0.366. The Morgan fingerprint density at radius 3 is 2.29 bits per heavy atom. The zero-order valence-corrected chi connectivity index (χ0v) is 14.2. The molecule has 0 saturated carbocycles. The number of hydrogen-bond acceptors (Lipinski definition) is 3. The van der Waals surface area contributed by atoms with Crippen LogP contribution in [0.1, 0.15) is 16.7 Å². The summed E-state index contributed by atoms with van der Waals surface area (Å²) < 4.78 is 0. The van der Waals surface area contributed by atoms with Gasteiger partial charge in [0.1, 0.15) is 11.6 Å². The molecule has 0 aliphatic carbocycles. The SMILES string of the molecule is Cc1ccc(CNC(=O)C(C#N)=Cc2ccc(N(C)C)cc2)cc1. The summed E-state index contributed by atoms with van der Waals surface area (Å²) in [4.78, 5) is 14.2. The summed E-state index contributed by atoms with van der Waals surface area (Å²) >= 11 is 0. The Labute approximate surface area is 143 Å². The van der Waals surface area contributed by atoms with E-state index in [1.165, 1.54) is 5.56 Å². The van der Waals surface area contributed by atoms with E-state index in [0.29, 0.717) is 6.54 Å². The van der Waals surface area contributed by atoms with Gasteiger partial charge in [-0.25, -0.2) is 0 Å². The molecule has 0 aromatic heterocycles. The fourth-order valence-electron chi connectivity index (χ4n) is 2.17. The number of nitrogens with zero attached hydrogens (tertiary/aromatic N) is 2. The average Bonchev–Trinajstić information content (AvgIpc) is 2.59. The van der Waals surface area contributed by atoms with E-state index in [-0.39, 0.29) is 11.5 Å². The van der Waals surface area contributed by atoms with Gasteiger partial charge in [0.15, 0.2) is 0 Å². The standard InChI is InChI=1S/C20H21N3O/c1-15-4-6-17(7-5-15)14-22-20(24)18(13-21)12-16-8-10-19(11-9-16)23(2)3/h4-12H,14H2,1-3H3,(H,22,24). The zero-order chi connectivity index (χ0) is 17.5. The molecule has 2 aromatic carbocycles. The van der Waals surface area contributed by atoms with Crippen LogP contribution in [0.25, 0.3) is 6.08 Å². The zero-order valence-electron chi connectivity index (χ0n) is 14.2. The van der Waals surface area contributed by atoms with Gasteiger partial charge in [-0.15, -0.1) is 0 Å². The van der Waals surface area contributed by atoms with Gasteiger partial charge < -0.3 is 10.2 Å². The number of nitrogens with one attached hydrogen (secondary N) is 1. The molecule has 1 amide bonds. The van der Waals surface area contributed by atoms with Crippen molar-refractivity contribution in [3.63, 3.8) is 0 Å². The highest BCUT2D eigenvalue weighted by molar-refractivity contribution is 6.01. The van der Waals surface area contributed by atoms with Crippen LogP contribution in [0.4, 0.5) is 5.69 Å². The highest BCUT2D eigenvalue weighted by Gasteiger charge is 2.08. The summed E-state index contributed by atoms with van der Waals surface area (Å²) in [6.45, 7) is 2.41. The molecule has 122 valence electrons. The fourth-order valence-corrected chi connectivity index (χ4v) is 2.17. The molecule has 0 bridgehead atoms. The maximum absolute atomic E-state index is 12.2. The highest BCUT2D eigenvalue weighted by atomic mass is 16.1. The van der Waals surface area contributed by atoms with E-state index < -0.39 is 0 Å². The van der Waals surface area contributed by atoms with Gasteiger partial charge in [0, 0.05) is 26.3 Å². The predicted octanol–water partition coefficient (Wildman–Crippen LogP) is 3.28. The number of hydrogen-bond donors (Lipinski definition) is 1. The summed E-state index contributed by atoms with van der Waals surface area (Å²) in [5.41, 5.74) is 4.15. The third kappa shape index (κ3) is 4.72. The van der Waals surface area contributed by atoms with Crippen molar-refractivity contribution in [1.82, 2.24) is 5.32 Å². The van der Waals surface area contributed by atoms with Gasteiger partial charge in [-0.1, -0.05) is 42.0 Å². The van der Waals surface area contributed by atoms with Gasteiger partial charge in [0.25, 0.3) is 5.91 Å². The predicted molar refractivity (Wildman–Crippen MR) is 97.4 cm³/mol. The minimum absolute atomic E-state index is 0.0970. The van der Waals surface area contributed by atoms with Crippen LogP contribution < -0.4 is 10.2 Å². The number of benzene rings is 2. The van der Waals surface area contributed by atoms with Crippen molar-refractivity contribution < 1.29 is 4.79 Å². The molecular weight excluding hydrogens is 298 g/mol. The van der Waals surface area contributed by atoms with Gasteiger partial charge >= 0.3 is 0 Å². The average molecular weight is 319 g/mol. The van der Waals surface area contributed by atoms with Crippen molar-refractivity contribution in [2.24, 2.45) is 0 Å². The summed E-state index contributed by atoms with van der Waals surface area (Å²) in [6.07, 6.45) is 1.60. The number of nitriles is 1. The van der Waals surface area contributed by atoms with Gasteiger partial charge in [0.2, 0.25) is 0 Å². The number of carbonyl (C=O) groups excluding carboxylic acids is 1. The third-order valence-electron chi connectivity index (χ3n) is 3.66. The molecule has 0 saturated heterocycles. The first-order valence-corrected chi connectivity index (χ1v) is 7.72. The van der Waals surface area contributed by atoms with Crippen molar-refractivity contribution in [2.45, 2.75) is 13.5 Å². The van der Waals surface area contributed by atoms with Gasteiger partial charge in [-0.05, 0) is 36.3 Å². The van der Waals surface area contributed by atoms with Crippen LogP contribution in [-0.4, -0.2) is 20.0 Å². The van der Waals surface area contributed by atoms with Crippen molar-refractivity contribution in [2.75, 3.05) is 19.0 Å². The normalized spacial score (nSPS) is 10.8. The van der Waals surface area contributed by atoms with E-state index in [0.717, 1.165) is 16.8 Å². The van der Waals surface area contributed by atoms with Crippen LogP contribution in [0, 0.1) is 18.3 Å². The van der Waals surface area contributed by atoms with E-state index in [2.05, 4.69) is 5.32 Å². The van der Waals surface area contributed by atoms with Crippen LogP contribution >= 0.6 is 0 Å². The van der Waals surface area contributed by atoms with Crippen LogP contribution in [0.2, 0.25) is 0 Å². The summed E-state index contributed by atoms with van der Waals surface area (Å²) in [6, 6.07) is 17.6. The molecule has 24 heavy (non-hydrogen) atoms. The lowest BCUT2D eigenvalue weighted by atomic mass is 10.1. The summed E-state index contributed by atoms with van der Waals surface area (Å²) in [5, 5.41) is 12.0. The fraction of sp³-hybridized carbons (Fsp3) is 0.200. The Morgan fingerprint density at radius 1 is 1.12 bits per heavy atom. The van der Waals surface area contributed by atoms with Crippen LogP contribution in [0.3, 0.4) is 0 Å². The minimum atomic E-state index is -0.366. The quantitative estimate of drug-likeness (QED) is 0.679. The molecule has 0 spiro atoms. The number of rotatable bonds is 5. The lowest BCUT2D eigenvalue weighted by Gasteiger charge is -2.12. The maximum Gasteiger partial charge on any atom is 0.262 e. The smallest absolute Gasteiger partial charge is 0.262 e. The first-order chi connectivity index (χ1) is 11.5. The third-order valence-corrected chi connectivity index (χ3v) is 3.66. The second-order valence-corrected chi connectivity index (χ2v) is 5.82. The Hall–Kier alpha value is -3.06. The maximum atomic E-state index is 12.2. The van der Waals surface area contributed by atoms with Crippen molar-refractivity contribution in [3.8, 4) is 6.07 Å². The molecule has 0 aliphatic heterocycles. The number of amides is 1. The van der Waals surface area contributed by atoms with Crippen molar-refractivity contribution in [3.05, 3.63) is 70.8 Å². The number of anilines is 1. The monoisotopic (exact) mass is 319 g/mol. The lowest BCUT2D eigenvalue weighted by Crippen LogP contribution is -2.23.